The molecule has 1 unspecified atom stereocenters. The summed E-state index contributed by atoms with van der Waals surface area (Å²) in [7, 11) is 0. The van der Waals surface area contributed by atoms with E-state index >= 15 is 0 Å². The van der Waals surface area contributed by atoms with Gasteiger partial charge in [-0.3, -0.25) is 14.9 Å². The Hall–Kier alpha value is -2.89. The number of carbonyl (C=O) groups is 1. The second kappa shape index (κ2) is 6.44. The maximum absolute atomic E-state index is 12.7. The molecule has 1 heterocycles. The minimum absolute atomic E-state index is 0.0544. The van der Waals surface area contributed by atoms with Crippen LogP contribution in [0.3, 0.4) is 0 Å². The van der Waals surface area contributed by atoms with E-state index < -0.39 is 10.5 Å². The number of amides is 1. The summed E-state index contributed by atoms with van der Waals surface area (Å²) in [6.07, 6.45) is 0.614. The van der Waals surface area contributed by atoms with Crippen LogP contribution >= 0.6 is 0 Å². The van der Waals surface area contributed by atoms with Crippen LogP contribution < -0.4 is 10.1 Å². The van der Waals surface area contributed by atoms with Gasteiger partial charge in [0, 0.05) is 29.2 Å². The molecule has 1 aliphatic heterocycles. The Labute approximate surface area is 152 Å². The number of rotatable bonds is 3. The molecule has 0 bridgehead atoms. The lowest BCUT2D eigenvalue weighted by Crippen LogP contribution is -2.41. The molecule has 26 heavy (non-hydrogen) atoms. The van der Waals surface area contributed by atoms with E-state index in [9.17, 15) is 14.9 Å². The molecule has 6 nitrogen and oxygen atoms in total. The largest absolute Gasteiger partial charge is 0.487 e. The fourth-order valence-electron chi connectivity index (χ4n) is 3.29. The van der Waals surface area contributed by atoms with E-state index in [4.69, 9.17) is 4.74 Å². The maximum Gasteiger partial charge on any atom is 0.273 e. The van der Waals surface area contributed by atoms with Crippen molar-refractivity contribution < 1.29 is 14.5 Å². The van der Waals surface area contributed by atoms with Gasteiger partial charge in [0.25, 0.3) is 11.6 Å². The SMILES string of the molecule is Cc1ccc2c(c1)C(NC(=O)c1ccc(C)c([N+](=O)[O-])c1)CC(C)(C)O2. The number of benzene rings is 2. The molecule has 0 radical (unpaired) electrons. The lowest BCUT2D eigenvalue weighted by molar-refractivity contribution is -0.385. The van der Waals surface area contributed by atoms with Crippen LogP contribution in [0.4, 0.5) is 5.69 Å². The molecule has 1 aliphatic rings. The molecule has 0 aliphatic carbocycles. The maximum atomic E-state index is 12.7. The zero-order valence-electron chi connectivity index (χ0n) is 15.3. The van der Waals surface area contributed by atoms with Crippen molar-refractivity contribution in [3.63, 3.8) is 0 Å². The number of carbonyl (C=O) groups excluding carboxylic acids is 1. The van der Waals surface area contributed by atoms with E-state index in [0.29, 0.717) is 12.0 Å². The van der Waals surface area contributed by atoms with E-state index in [-0.39, 0.29) is 23.2 Å². The third-order valence-electron chi connectivity index (χ3n) is 4.60. The van der Waals surface area contributed by atoms with Crippen LogP contribution in [0.1, 0.15) is 53.4 Å². The Bertz CT molecular complexity index is 889. The third-order valence-corrected chi connectivity index (χ3v) is 4.60. The summed E-state index contributed by atoms with van der Waals surface area (Å²) in [5, 5.41) is 14.1. The topological polar surface area (TPSA) is 81.5 Å². The van der Waals surface area contributed by atoms with Crippen LogP contribution in [-0.4, -0.2) is 16.4 Å². The highest BCUT2D eigenvalue weighted by Gasteiger charge is 2.34. The lowest BCUT2D eigenvalue weighted by Gasteiger charge is -2.38. The minimum Gasteiger partial charge on any atom is -0.487 e. The fraction of sp³-hybridized carbons (Fsp3) is 0.350. The monoisotopic (exact) mass is 354 g/mol. The van der Waals surface area contributed by atoms with E-state index in [1.165, 1.54) is 6.07 Å². The molecule has 0 saturated heterocycles. The molecule has 0 aromatic heterocycles. The Morgan fingerprint density at radius 2 is 1.96 bits per heavy atom. The Kier molecular flexibility index (Phi) is 4.44. The first-order valence-electron chi connectivity index (χ1n) is 8.52. The molecule has 136 valence electrons. The molecule has 3 rings (SSSR count). The van der Waals surface area contributed by atoms with Gasteiger partial charge in [-0.05, 0) is 39.8 Å². The third kappa shape index (κ3) is 3.54. The summed E-state index contributed by atoms with van der Waals surface area (Å²) < 4.78 is 6.02. The predicted octanol–water partition coefficient (Wildman–Crippen LogP) is 4.24. The summed E-state index contributed by atoms with van der Waals surface area (Å²) in [4.78, 5) is 23.4. The van der Waals surface area contributed by atoms with Crippen molar-refractivity contribution >= 4 is 11.6 Å². The van der Waals surface area contributed by atoms with Gasteiger partial charge < -0.3 is 10.1 Å². The highest BCUT2D eigenvalue weighted by Crippen LogP contribution is 2.40. The van der Waals surface area contributed by atoms with E-state index in [1.54, 1.807) is 19.1 Å². The molecular formula is C20H22N2O4. The smallest absolute Gasteiger partial charge is 0.273 e. The quantitative estimate of drug-likeness (QED) is 0.660. The van der Waals surface area contributed by atoms with Crippen LogP contribution in [-0.2, 0) is 0 Å². The number of nitro groups is 1. The molecular weight excluding hydrogens is 332 g/mol. The van der Waals surface area contributed by atoms with Gasteiger partial charge in [0.05, 0.1) is 11.0 Å². The molecule has 1 N–H and O–H groups in total. The van der Waals surface area contributed by atoms with Crippen molar-refractivity contribution in [2.45, 2.75) is 45.8 Å². The van der Waals surface area contributed by atoms with Crippen molar-refractivity contribution in [2.75, 3.05) is 0 Å². The lowest BCUT2D eigenvalue weighted by atomic mass is 9.88. The molecule has 2 aromatic rings. The van der Waals surface area contributed by atoms with Gasteiger partial charge in [0.1, 0.15) is 11.4 Å². The van der Waals surface area contributed by atoms with Gasteiger partial charge in [0.15, 0.2) is 0 Å². The first-order valence-corrected chi connectivity index (χ1v) is 8.52. The van der Waals surface area contributed by atoms with Gasteiger partial charge in [-0.25, -0.2) is 0 Å². The summed E-state index contributed by atoms with van der Waals surface area (Å²) in [6, 6.07) is 10.2. The van der Waals surface area contributed by atoms with E-state index in [1.807, 2.05) is 39.0 Å². The van der Waals surface area contributed by atoms with Crippen molar-refractivity contribution in [2.24, 2.45) is 0 Å². The zero-order valence-corrected chi connectivity index (χ0v) is 15.3. The van der Waals surface area contributed by atoms with Crippen LogP contribution in [0.25, 0.3) is 0 Å². The van der Waals surface area contributed by atoms with Crippen LogP contribution in [0, 0.1) is 24.0 Å². The molecule has 0 spiro atoms. The molecule has 2 aromatic carbocycles. The Morgan fingerprint density at radius 3 is 2.65 bits per heavy atom. The number of ether oxygens (including phenoxy) is 1. The summed E-state index contributed by atoms with van der Waals surface area (Å²) in [5.74, 6) is 0.426. The Morgan fingerprint density at radius 1 is 1.23 bits per heavy atom. The number of fused-ring (bicyclic) bond motifs is 1. The number of hydrogen-bond acceptors (Lipinski definition) is 4. The van der Waals surface area contributed by atoms with Crippen LogP contribution in [0.15, 0.2) is 36.4 Å². The van der Waals surface area contributed by atoms with E-state index in [2.05, 4.69) is 5.32 Å². The highest BCUT2D eigenvalue weighted by atomic mass is 16.6. The molecule has 0 fully saturated rings. The van der Waals surface area contributed by atoms with Gasteiger partial charge in [0.2, 0.25) is 0 Å². The molecule has 0 saturated carbocycles. The minimum atomic E-state index is -0.470. The zero-order chi connectivity index (χ0) is 19.1. The van der Waals surface area contributed by atoms with Gasteiger partial charge in [-0.1, -0.05) is 23.8 Å². The van der Waals surface area contributed by atoms with Crippen molar-refractivity contribution in [3.05, 3.63) is 68.8 Å². The molecule has 6 heteroatoms. The average Bonchev–Trinajstić information content (AvgIpc) is 2.55. The number of aryl methyl sites for hydroxylation is 2. The predicted molar refractivity (Wildman–Crippen MR) is 98.5 cm³/mol. The number of nitro benzene ring substituents is 1. The van der Waals surface area contributed by atoms with E-state index in [0.717, 1.165) is 16.9 Å². The Balaban J connectivity index is 1.91. The van der Waals surface area contributed by atoms with Crippen LogP contribution in [0.2, 0.25) is 0 Å². The van der Waals surface area contributed by atoms with Gasteiger partial charge >= 0.3 is 0 Å². The van der Waals surface area contributed by atoms with Crippen molar-refractivity contribution in [1.29, 1.82) is 0 Å². The summed E-state index contributed by atoms with van der Waals surface area (Å²) in [5.41, 5.74) is 2.35. The summed E-state index contributed by atoms with van der Waals surface area (Å²) in [6.45, 7) is 7.60. The van der Waals surface area contributed by atoms with Crippen LogP contribution in [0.5, 0.6) is 5.75 Å². The van der Waals surface area contributed by atoms with Crippen molar-refractivity contribution in [1.82, 2.24) is 5.32 Å². The first kappa shape index (κ1) is 17.9. The van der Waals surface area contributed by atoms with Crippen molar-refractivity contribution in [3.8, 4) is 5.75 Å². The van der Waals surface area contributed by atoms with Gasteiger partial charge in [-0.15, -0.1) is 0 Å². The fourth-order valence-corrected chi connectivity index (χ4v) is 3.29. The second-order valence-corrected chi connectivity index (χ2v) is 7.39. The number of nitrogens with zero attached hydrogens (tertiary/aromatic N) is 1. The normalized spacial score (nSPS) is 17.8. The first-order chi connectivity index (χ1) is 12.2. The second-order valence-electron chi connectivity index (χ2n) is 7.39. The highest BCUT2D eigenvalue weighted by molar-refractivity contribution is 5.95. The summed E-state index contributed by atoms with van der Waals surface area (Å²) >= 11 is 0. The molecule has 1 amide bonds. The molecule has 1 atom stereocenters. The van der Waals surface area contributed by atoms with Gasteiger partial charge in [-0.2, -0.15) is 0 Å². The standard InChI is InChI=1S/C20H22N2O4/c1-12-5-8-18-15(9-12)16(11-20(3,4)26-18)21-19(23)14-7-6-13(2)17(10-14)22(24)25/h5-10,16H,11H2,1-4H3,(H,21,23). The number of hydrogen-bond donors (Lipinski definition) is 1. The average molecular weight is 354 g/mol. The number of nitrogens with one attached hydrogen (secondary N) is 1.